The van der Waals surface area contributed by atoms with Gasteiger partial charge in [-0.1, -0.05) is 13.3 Å². The second kappa shape index (κ2) is 8.97. The number of aromatic nitrogens is 1. The fraction of sp³-hybridized carbons (Fsp3) is 0.550. The van der Waals surface area contributed by atoms with Crippen molar-refractivity contribution in [3.05, 3.63) is 27.4 Å². The normalized spacial score (nSPS) is 15.1. The van der Waals surface area contributed by atoms with Gasteiger partial charge in [-0.2, -0.15) is 11.3 Å². The molecule has 5 nitrogen and oxygen atoms in total. The fourth-order valence-corrected chi connectivity index (χ4v) is 5.14. The van der Waals surface area contributed by atoms with Crippen molar-refractivity contribution in [3.8, 4) is 10.6 Å². The van der Waals surface area contributed by atoms with Crippen molar-refractivity contribution in [3.63, 3.8) is 0 Å². The van der Waals surface area contributed by atoms with Crippen molar-refractivity contribution in [1.29, 1.82) is 0 Å². The minimum Gasteiger partial charge on any atom is -0.346 e. The van der Waals surface area contributed by atoms with Gasteiger partial charge in [-0.15, -0.1) is 11.3 Å². The topological polar surface area (TPSA) is 53.5 Å². The minimum atomic E-state index is 0.0415. The Labute approximate surface area is 169 Å². The predicted octanol–water partition coefficient (Wildman–Crippen LogP) is 4.29. The van der Waals surface area contributed by atoms with E-state index in [0.29, 0.717) is 13.1 Å². The fourth-order valence-electron chi connectivity index (χ4n) is 3.39. The number of thiophene rings is 1. The van der Waals surface area contributed by atoms with Crippen LogP contribution in [0.15, 0.2) is 16.8 Å². The minimum absolute atomic E-state index is 0.0415. The van der Waals surface area contributed by atoms with Gasteiger partial charge in [-0.3, -0.25) is 9.59 Å². The molecule has 1 fully saturated rings. The summed E-state index contributed by atoms with van der Waals surface area (Å²) in [4.78, 5) is 34.6. The Bertz CT molecular complexity index is 777. The van der Waals surface area contributed by atoms with E-state index in [1.165, 1.54) is 11.3 Å². The lowest BCUT2D eigenvalue weighted by Crippen LogP contribution is -2.43. The summed E-state index contributed by atoms with van der Waals surface area (Å²) < 4.78 is 0. The van der Waals surface area contributed by atoms with Crippen molar-refractivity contribution in [2.24, 2.45) is 5.92 Å². The maximum atomic E-state index is 13.0. The van der Waals surface area contributed by atoms with Gasteiger partial charge in [0.2, 0.25) is 5.91 Å². The number of likely N-dealkylation sites (tertiary alicyclic amines) is 1. The van der Waals surface area contributed by atoms with E-state index in [2.05, 4.69) is 17.3 Å². The van der Waals surface area contributed by atoms with Crippen molar-refractivity contribution in [1.82, 2.24) is 14.8 Å². The third-order valence-electron chi connectivity index (χ3n) is 5.11. The summed E-state index contributed by atoms with van der Waals surface area (Å²) in [5.41, 5.74) is 1.87. The number of piperidine rings is 1. The first-order valence-electron chi connectivity index (χ1n) is 9.55. The quantitative estimate of drug-likeness (QED) is 0.720. The molecular weight excluding hydrogens is 378 g/mol. The second-order valence-corrected chi connectivity index (χ2v) is 8.90. The Morgan fingerprint density at radius 3 is 2.70 bits per heavy atom. The lowest BCUT2D eigenvalue weighted by Gasteiger charge is -2.33. The van der Waals surface area contributed by atoms with Crippen molar-refractivity contribution < 1.29 is 9.59 Å². The average Bonchev–Trinajstić information content (AvgIpc) is 3.34. The van der Waals surface area contributed by atoms with Gasteiger partial charge in [0, 0.05) is 43.5 Å². The van der Waals surface area contributed by atoms with Crippen LogP contribution >= 0.6 is 22.7 Å². The number of carbonyl (C=O) groups is 2. The van der Waals surface area contributed by atoms with Crippen molar-refractivity contribution in [2.45, 2.75) is 39.5 Å². The smallest absolute Gasteiger partial charge is 0.265 e. The van der Waals surface area contributed by atoms with Gasteiger partial charge in [0.15, 0.2) is 0 Å². The molecule has 0 bridgehead atoms. The molecule has 0 radical (unpaired) electrons. The van der Waals surface area contributed by atoms with Crippen molar-refractivity contribution in [2.75, 3.05) is 26.7 Å². The van der Waals surface area contributed by atoms with E-state index in [-0.39, 0.29) is 17.7 Å². The molecule has 0 unspecified atom stereocenters. The van der Waals surface area contributed by atoms with Crippen LogP contribution in [0.5, 0.6) is 0 Å². The molecule has 3 heterocycles. The van der Waals surface area contributed by atoms with Gasteiger partial charge in [0.1, 0.15) is 9.88 Å². The van der Waals surface area contributed by atoms with Crippen LogP contribution in [0.1, 0.15) is 48.0 Å². The number of hydrogen-bond acceptors (Lipinski definition) is 5. The number of amides is 2. The Morgan fingerprint density at radius 2 is 2.07 bits per heavy atom. The van der Waals surface area contributed by atoms with Crippen LogP contribution < -0.4 is 0 Å². The summed E-state index contributed by atoms with van der Waals surface area (Å²) in [6, 6.07) is 2.03. The molecule has 0 spiro atoms. The average molecular weight is 406 g/mol. The van der Waals surface area contributed by atoms with Crippen LogP contribution in [0.25, 0.3) is 10.6 Å². The first kappa shape index (κ1) is 20.0. The molecule has 7 heteroatoms. The Hall–Kier alpha value is -1.73. The van der Waals surface area contributed by atoms with Gasteiger partial charge in [0.25, 0.3) is 5.91 Å². The van der Waals surface area contributed by atoms with Crippen LogP contribution in [0.4, 0.5) is 0 Å². The van der Waals surface area contributed by atoms with Gasteiger partial charge >= 0.3 is 0 Å². The SMILES string of the molecule is CCCCN(C)C(=O)C1CCN(C(=O)c2sc(-c3ccsc3)nc2C)CC1. The highest BCUT2D eigenvalue weighted by Crippen LogP contribution is 2.31. The number of aryl methyl sites for hydroxylation is 1. The van der Waals surface area contributed by atoms with E-state index in [0.717, 1.165) is 53.4 Å². The molecule has 1 aliphatic heterocycles. The second-order valence-electron chi connectivity index (χ2n) is 7.13. The third-order valence-corrected chi connectivity index (χ3v) is 6.99. The Balaban J connectivity index is 1.60. The molecule has 0 aromatic carbocycles. The van der Waals surface area contributed by atoms with Crippen LogP contribution in [0.3, 0.4) is 0 Å². The zero-order valence-electron chi connectivity index (χ0n) is 16.2. The summed E-state index contributed by atoms with van der Waals surface area (Å²) in [5, 5.41) is 4.98. The van der Waals surface area contributed by atoms with E-state index < -0.39 is 0 Å². The number of unbranched alkanes of at least 4 members (excludes halogenated alkanes) is 1. The largest absolute Gasteiger partial charge is 0.346 e. The van der Waals surface area contributed by atoms with Gasteiger partial charge in [-0.25, -0.2) is 4.98 Å². The molecule has 0 aliphatic carbocycles. The van der Waals surface area contributed by atoms with Gasteiger partial charge < -0.3 is 9.80 Å². The molecular formula is C20H27N3O2S2. The monoisotopic (exact) mass is 405 g/mol. The van der Waals surface area contributed by atoms with Crippen LogP contribution in [0.2, 0.25) is 0 Å². The van der Waals surface area contributed by atoms with E-state index in [9.17, 15) is 9.59 Å². The van der Waals surface area contributed by atoms with Gasteiger partial charge in [0.05, 0.1) is 5.69 Å². The number of hydrogen-bond donors (Lipinski definition) is 0. The highest BCUT2D eigenvalue weighted by atomic mass is 32.1. The van der Waals surface area contributed by atoms with E-state index in [4.69, 9.17) is 0 Å². The molecule has 1 saturated heterocycles. The molecule has 1 aliphatic rings. The molecule has 2 aromatic rings. The summed E-state index contributed by atoms with van der Waals surface area (Å²) in [6.07, 6.45) is 3.62. The molecule has 146 valence electrons. The molecule has 3 rings (SSSR count). The third kappa shape index (κ3) is 4.58. The lowest BCUT2D eigenvalue weighted by atomic mass is 9.95. The highest BCUT2D eigenvalue weighted by molar-refractivity contribution is 7.17. The van der Waals surface area contributed by atoms with E-state index >= 15 is 0 Å². The first-order chi connectivity index (χ1) is 13.0. The molecule has 27 heavy (non-hydrogen) atoms. The first-order valence-corrected chi connectivity index (χ1v) is 11.3. The van der Waals surface area contributed by atoms with E-state index in [1.54, 1.807) is 11.3 Å². The highest BCUT2D eigenvalue weighted by Gasteiger charge is 2.30. The van der Waals surface area contributed by atoms with E-state index in [1.807, 2.05) is 35.2 Å². The summed E-state index contributed by atoms with van der Waals surface area (Å²) in [5.74, 6) is 0.320. The van der Waals surface area contributed by atoms with Crippen molar-refractivity contribution >= 4 is 34.5 Å². The maximum Gasteiger partial charge on any atom is 0.265 e. The number of carbonyl (C=O) groups excluding carboxylic acids is 2. The lowest BCUT2D eigenvalue weighted by molar-refractivity contribution is -0.135. The molecule has 0 saturated carbocycles. The zero-order chi connectivity index (χ0) is 19.4. The summed E-state index contributed by atoms with van der Waals surface area (Å²) >= 11 is 3.10. The Morgan fingerprint density at radius 1 is 1.33 bits per heavy atom. The standard InChI is InChI=1S/C20H27N3O2S2/c1-4-5-9-22(3)19(24)15-6-10-23(11-7-15)20(25)17-14(2)21-18(27-17)16-8-12-26-13-16/h8,12-13,15H,4-7,9-11H2,1-3H3. The molecule has 2 aromatic heterocycles. The number of thiazole rings is 1. The van der Waals surface area contributed by atoms with Crippen LogP contribution in [-0.2, 0) is 4.79 Å². The Kier molecular flexibility index (Phi) is 6.65. The summed E-state index contributed by atoms with van der Waals surface area (Å²) in [6.45, 7) is 6.13. The van der Waals surface area contributed by atoms with Crippen LogP contribution in [0, 0.1) is 12.8 Å². The molecule has 0 N–H and O–H groups in total. The predicted molar refractivity (Wildman–Crippen MR) is 111 cm³/mol. The van der Waals surface area contributed by atoms with Crippen LogP contribution in [-0.4, -0.2) is 53.3 Å². The molecule has 2 amide bonds. The van der Waals surface area contributed by atoms with Gasteiger partial charge in [-0.05, 0) is 37.6 Å². The zero-order valence-corrected chi connectivity index (χ0v) is 17.9. The number of nitrogens with zero attached hydrogens (tertiary/aromatic N) is 3. The maximum absolute atomic E-state index is 13.0. The summed E-state index contributed by atoms with van der Waals surface area (Å²) in [7, 11) is 1.89. The molecule has 0 atom stereocenters. The number of rotatable bonds is 6.